The van der Waals surface area contributed by atoms with Gasteiger partial charge in [-0.2, -0.15) is 0 Å². The number of carbonyl (C=O) groups is 1. The molecule has 4 heteroatoms. The molecule has 3 fully saturated rings. The lowest BCUT2D eigenvalue weighted by Crippen LogP contribution is -2.14. The second-order valence-electron chi connectivity index (χ2n) is 6.08. The number of rotatable bonds is 3. The number of nitrogens with zero attached hydrogens (tertiary/aromatic N) is 1. The quantitative estimate of drug-likeness (QED) is 0.845. The minimum atomic E-state index is -0.304. The molecule has 0 saturated heterocycles. The molecule has 3 saturated carbocycles. The molecule has 0 spiro atoms. The Bertz CT molecular complexity index is 515. The molecule has 4 atom stereocenters. The molecule has 3 aliphatic rings. The van der Waals surface area contributed by atoms with Gasteiger partial charge in [-0.25, -0.2) is 9.78 Å². The van der Waals surface area contributed by atoms with E-state index in [1.807, 2.05) is 0 Å². The van der Waals surface area contributed by atoms with Gasteiger partial charge in [0, 0.05) is 12.2 Å². The first kappa shape index (κ1) is 11.3. The fourth-order valence-electron chi connectivity index (χ4n) is 4.44. The van der Waals surface area contributed by atoms with E-state index < -0.39 is 0 Å². The molecule has 2 bridgehead atoms. The van der Waals surface area contributed by atoms with Gasteiger partial charge in [0.1, 0.15) is 5.82 Å². The van der Waals surface area contributed by atoms with Crippen molar-refractivity contribution in [1.82, 2.24) is 4.98 Å². The number of carbonyl (C=O) groups excluding carboxylic acids is 1. The van der Waals surface area contributed by atoms with E-state index in [0.717, 1.165) is 29.5 Å². The number of anilines is 1. The van der Waals surface area contributed by atoms with Crippen LogP contribution in [0.15, 0.2) is 18.3 Å². The minimum Gasteiger partial charge on any atom is -0.465 e. The van der Waals surface area contributed by atoms with Crippen molar-refractivity contribution in [2.45, 2.75) is 25.3 Å². The molecule has 1 aromatic rings. The molecule has 0 amide bonds. The number of nitrogens with one attached hydrogen (secondary N) is 1. The first-order valence-corrected chi connectivity index (χ1v) is 7.09. The number of fused-ring (bicyclic) bond motifs is 5. The van der Waals surface area contributed by atoms with Crippen LogP contribution in [0.5, 0.6) is 0 Å². The molecular weight excluding hydrogens is 240 g/mol. The van der Waals surface area contributed by atoms with Gasteiger partial charge in [-0.15, -0.1) is 0 Å². The SMILES string of the molecule is COC(=O)c1ccnc(NC2C3C4CCC(C4)C23)c1. The van der Waals surface area contributed by atoms with Crippen molar-refractivity contribution in [3.05, 3.63) is 23.9 Å². The molecule has 0 aliphatic heterocycles. The number of pyridine rings is 1. The zero-order chi connectivity index (χ0) is 13.0. The van der Waals surface area contributed by atoms with Crippen molar-refractivity contribution >= 4 is 11.8 Å². The van der Waals surface area contributed by atoms with Crippen LogP contribution in [0, 0.1) is 23.7 Å². The Morgan fingerprint density at radius 2 is 2.11 bits per heavy atom. The normalized spacial score (nSPS) is 37.8. The van der Waals surface area contributed by atoms with E-state index in [1.54, 1.807) is 18.3 Å². The highest BCUT2D eigenvalue weighted by atomic mass is 16.5. The van der Waals surface area contributed by atoms with Crippen molar-refractivity contribution in [3.63, 3.8) is 0 Å². The van der Waals surface area contributed by atoms with Crippen molar-refractivity contribution in [2.75, 3.05) is 12.4 Å². The minimum absolute atomic E-state index is 0.304. The molecule has 4 unspecified atom stereocenters. The Hall–Kier alpha value is -1.58. The smallest absolute Gasteiger partial charge is 0.338 e. The van der Waals surface area contributed by atoms with Gasteiger partial charge in [-0.1, -0.05) is 0 Å². The molecule has 19 heavy (non-hydrogen) atoms. The van der Waals surface area contributed by atoms with Crippen LogP contribution in [0.3, 0.4) is 0 Å². The summed E-state index contributed by atoms with van der Waals surface area (Å²) in [5.74, 6) is 4.11. The maximum absolute atomic E-state index is 11.5. The molecule has 1 N–H and O–H groups in total. The Labute approximate surface area is 112 Å². The summed E-state index contributed by atoms with van der Waals surface area (Å²) in [5, 5.41) is 3.52. The van der Waals surface area contributed by atoms with Gasteiger partial charge in [0.2, 0.25) is 0 Å². The molecule has 0 radical (unpaired) electrons. The number of ether oxygens (including phenoxy) is 1. The summed E-state index contributed by atoms with van der Waals surface area (Å²) in [6.45, 7) is 0. The predicted molar refractivity (Wildman–Crippen MR) is 70.8 cm³/mol. The van der Waals surface area contributed by atoms with Gasteiger partial charge >= 0.3 is 5.97 Å². The molecular formula is C15H18N2O2. The topological polar surface area (TPSA) is 51.2 Å². The van der Waals surface area contributed by atoms with E-state index in [2.05, 4.69) is 10.3 Å². The summed E-state index contributed by atoms with van der Waals surface area (Å²) in [4.78, 5) is 15.8. The van der Waals surface area contributed by atoms with E-state index in [9.17, 15) is 4.79 Å². The summed E-state index contributed by atoms with van der Waals surface area (Å²) in [6.07, 6.45) is 5.95. The van der Waals surface area contributed by atoms with Crippen molar-refractivity contribution in [2.24, 2.45) is 23.7 Å². The van der Waals surface area contributed by atoms with E-state index in [0.29, 0.717) is 11.6 Å². The highest BCUT2D eigenvalue weighted by Gasteiger charge is 2.65. The predicted octanol–water partition coefficient (Wildman–Crippen LogP) is 2.32. The fourth-order valence-corrected chi connectivity index (χ4v) is 4.44. The lowest BCUT2D eigenvalue weighted by atomic mass is 10.0. The van der Waals surface area contributed by atoms with Crippen molar-refractivity contribution < 1.29 is 9.53 Å². The average molecular weight is 258 g/mol. The molecule has 100 valence electrons. The first-order valence-electron chi connectivity index (χ1n) is 7.09. The van der Waals surface area contributed by atoms with Gasteiger partial charge in [-0.05, 0) is 55.1 Å². The molecule has 1 heterocycles. The number of methoxy groups -OCH3 is 1. The summed E-state index contributed by atoms with van der Waals surface area (Å²) in [7, 11) is 1.40. The third-order valence-corrected chi connectivity index (χ3v) is 5.23. The van der Waals surface area contributed by atoms with Gasteiger partial charge in [-0.3, -0.25) is 0 Å². The van der Waals surface area contributed by atoms with Crippen LogP contribution in [-0.2, 0) is 4.74 Å². The zero-order valence-electron chi connectivity index (χ0n) is 11.0. The van der Waals surface area contributed by atoms with E-state index >= 15 is 0 Å². The maximum Gasteiger partial charge on any atom is 0.338 e. The summed E-state index contributed by atoms with van der Waals surface area (Å²) < 4.78 is 4.74. The van der Waals surface area contributed by atoms with Crippen molar-refractivity contribution in [3.8, 4) is 0 Å². The van der Waals surface area contributed by atoms with Gasteiger partial charge < -0.3 is 10.1 Å². The van der Waals surface area contributed by atoms with Crippen LogP contribution in [-0.4, -0.2) is 24.1 Å². The number of hydrogen-bond donors (Lipinski definition) is 1. The second-order valence-corrected chi connectivity index (χ2v) is 6.08. The van der Waals surface area contributed by atoms with Crippen LogP contribution in [0.2, 0.25) is 0 Å². The Balaban J connectivity index is 1.48. The monoisotopic (exact) mass is 258 g/mol. The highest BCUT2D eigenvalue weighted by Crippen LogP contribution is 2.66. The largest absolute Gasteiger partial charge is 0.465 e. The molecule has 1 aromatic heterocycles. The van der Waals surface area contributed by atoms with Gasteiger partial charge in [0.25, 0.3) is 0 Å². The Morgan fingerprint density at radius 1 is 1.37 bits per heavy atom. The van der Waals surface area contributed by atoms with Crippen LogP contribution in [0.1, 0.15) is 29.6 Å². The highest BCUT2D eigenvalue weighted by molar-refractivity contribution is 5.90. The number of hydrogen-bond acceptors (Lipinski definition) is 4. The maximum atomic E-state index is 11.5. The van der Waals surface area contributed by atoms with E-state index in [1.165, 1.54) is 26.4 Å². The standard InChI is InChI=1S/C15H18N2O2/c1-19-15(18)10-4-5-16-11(7-10)17-14-12-8-2-3-9(6-8)13(12)14/h4-5,7-9,12-14H,2-3,6H2,1H3,(H,16,17). The lowest BCUT2D eigenvalue weighted by Gasteiger charge is -2.11. The molecule has 4 rings (SSSR count). The molecule has 3 aliphatic carbocycles. The van der Waals surface area contributed by atoms with Crippen LogP contribution < -0.4 is 5.32 Å². The van der Waals surface area contributed by atoms with Crippen molar-refractivity contribution in [1.29, 1.82) is 0 Å². The first-order chi connectivity index (χ1) is 9.28. The van der Waals surface area contributed by atoms with Gasteiger partial charge in [0.15, 0.2) is 0 Å². The zero-order valence-corrected chi connectivity index (χ0v) is 11.0. The molecule has 0 aromatic carbocycles. The third kappa shape index (κ3) is 1.66. The average Bonchev–Trinajstić information content (AvgIpc) is 2.85. The third-order valence-electron chi connectivity index (χ3n) is 5.23. The summed E-state index contributed by atoms with van der Waals surface area (Å²) in [5.41, 5.74) is 0.564. The Morgan fingerprint density at radius 3 is 2.79 bits per heavy atom. The van der Waals surface area contributed by atoms with Crippen LogP contribution >= 0.6 is 0 Å². The Kier molecular flexibility index (Phi) is 2.34. The van der Waals surface area contributed by atoms with E-state index in [4.69, 9.17) is 4.74 Å². The summed E-state index contributed by atoms with van der Waals surface area (Å²) in [6, 6.07) is 4.07. The lowest BCUT2D eigenvalue weighted by molar-refractivity contribution is 0.0600. The summed E-state index contributed by atoms with van der Waals surface area (Å²) >= 11 is 0. The van der Waals surface area contributed by atoms with Gasteiger partial charge in [0.05, 0.1) is 12.7 Å². The number of aromatic nitrogens is 1. The van der Waals surface area contributed by atoms with Crippen LogP contribution in [0.25, 0.3) is 0 Å². The fraction of sp³-hybridized carbons (Fsp3) is 0.600. The number of esters is 1. The molecule has 4 nitrogen and oxygen atoms in total. The van der Waals surface area contributed by atoms with Crippen LogP contribution in [0.4, 0.5) is 5.82 Å². The second kappa shape index (κ2) is 3.95. The van der Waals surface area contributed by atoms with E-state index in [-0.39, 0.29) is 5.97 Å².